The molecule has 2 aromatic heterocycles. The van der Waals surface area contributed by atoms with E-state index in [0.29, 0.717) is 18.1 Å². The molecule has 3 heterocycles. The van der Waals surface area contributed by atoms with Crippen LogP contribution in [0.3, 0.4) is 0 Å². The van der Waals surface area contributed by atoms with E-state index in [1.165, 1.54) is 13.4 Å². The molecule has 0 radical (unpaired) electrons. The molecule has 3 aromatic rings. The van der Waals surface area contributed by atoms with Gasteiger partial charge in [0.05, 0.1) is 29.3 Å². The second-order valence-corrected chi connectivity index (χ2v) is 7.58. The molecule has 0 bridgehead atoms. The molecule has 1 aromatic carbocycles. The third kappa shape index (κ3) is 3.43. The van der Waals surface area contributed by atoms with Gasteiger partial charge in [0.2, 0.25) is 5.91 Å². The quantitative estimate of drug-likeness (QED) is 0.567. The van der Waals surface area contributed by atoms with Gasteiger partial charge in [0, 0.05) is 26.1 Å². The van der Waals surface area contributed by atoms with Gasteiger partial charge < -0.3 is 20.9 Å². The van der Waals surface area contributed by atoms with Crippen molar-refractivity contribution in [1.29, 1.82) is 0 Å². The minimum atomic E-state index is -0.383. The number of carbonyl (C=O) groups is 2. The summed E-state index contributed by atoms with van der Waals surface area (Å²) in [5, 5.41) is 21.1. The smallest absolute Gasteiger partial charge is 0.273 e. The molecule has 0 saturated heterocycles. The van der Waals surface area contributed by atoms with Crippen LogP contribution in [0.4, 0.5) is 22.9 Å². The largest absolute Gasteiger partial charge is 0.364 e. The Bertz CT molecular complexity index is 1190. The lowest BCUT2D eigenvalue weighted by Gasteiger charge is -2.29. The Labute approximate surface area is 177 Å². The molecule has 0 spiro atoms. The molecule has 1 aliphatic heterocycles. The summed E-state index contributed by atoms with van der Waals surface area (Å²) in [6.07, 6.45) is 3.30. The van der Waals surface area contributed by atoms with Gasteiger partial charge >= 0.3 is 0 Å². The summed E-state index contributed by atoms with van der Waals surface area (Å²) in [6.45, 7) is 0.589. The van der Waals surface area contributed by atoms with E-state index in [2.05, 4.69) is 41.1 Å². The zero-order valence-electron chi connectivity index (χ0n) is 17.1. The highest BCUT2D eigenvalue weighted by atomic mass is 16.2. The molecule has 2 aliphatic rings. The lowest BCUT2D eigenvalue weighted by molar-refractivity contribution is -0.117. The Hall–Kier alpha value is -4.02. The first-order valence-electron chi connectivity index (χ1n) is 9.96. The first-order chi connectivity index (χ1) is 15.0. The summed E-state index contributed by atoms with van der Waals surface area (Å²) < 4.78 is 1.80. The summed E-state index contributed by atoms with van der Waals surface area (Å²) >= 11 is 0. The Morgan fingerprint density at radius 2 is 2.00 bits per heavy atom. The molecule has 11 heteroatoms. The van der Waals surface area contributed by atoms with Crippen LogP contribution in [0.5, 0.6) is 0 Å². The van der Waals surface area contributed by atoms with Gasteiger partial charge in [-0.1, -0.05) is 6.07 Å². The number of carbonyl (C=O) groups excluding carboxylic acids is 2. The molecule has 2 amide bonds. The number of benzene rings is 1. The van der Waals surface area contributed by atoms with Crippen molar-refractivity contribution in [3.8, 4) is 5.69 Å². The second-order valence-electron chi connectivity index (χ2n) is 7.58. The van der Waals surface area contributed by atoms with E-state index in [0.717, 1.165) is 35.7 Å². The third-order valence-electron chi connectivity index (χ3n) is 5.33. The van der Waals surface area contributed by atoms with Gasteiger partial charge in [-0.15, -0.1) is 10.2 Å². The standard InChI is InChI=1S/C20H21N9O2/c1-21-20(31)17-13(8-15(26-27-17)25-19(30)11-6-7-11)24-12-4-3-5-14-18(12)28(2)9-16-22-10-23-29(14)16/h3-5,8,10-11H,6-7,9H2,1-2H3,(H,21,31)(H2,24,25,26,30). The van der Waals surface area contributed by atoms with Crippen LogP contribution in [0.1, 0.15) is 29.2 Å². The molecule has 11 nitrogen and oxygen atoms in total. The van der Waals surface area contributed by atoms with Gasteiger partial charge in [-0.25, -0.2) is 9.67 Å². The Morgan fingerprint density at radius 1 is 1.16 bits per heavy atom. The van der Waals surface area contributed by atoms with Crippen LogP contribution >= 0.6 is 0 Å². The van der Waals surface area contributed by atoms with Gasteiger partial charge in [-0.2, -0.15) is 5.10 Å². The highest BCUT2D eigenvalue weighted by Crippen LogP contribution is 2.38. The summed E-state index contributed by atoms with van der Waals surface area (Å²) in [7, 11) is 3.49. The monoisotopic (exact) mass is 419 g/mol. The van der Waals surface area contributed by atoms with E-state index in [9.17, 15) is 9.59 Å². The number of amides is 2. The molecule has 158 valence electrons. The number of nitrogens with one attached hydrogen (secondary N) is 3. The second kappa shape index (κ2) is 7.35. The fraction of sp³-hybridized carbons (Fsp3) is 0.300. The molecule has 0 atom stereocenters. The zero-order valence-corrected chi connectivity index (χ0v) is 17.1. The molecule has 1 aliphatic carbocycles. The van der Waals surface area contributed by atoms with E-state index in [1.54, 1.807) is 10.7 Å². The van der Waals surface area contributed by atoms with Crippen LogP contribution in [0.15, 0.2) is 30.6 Å². The fourth-order valence-electron chi connectivity index (χ4n) is 3.62. The maximum atomic E-state index is 12.4. The van der Waals surface area contributed by atoms with Crippen molar-refractivity contribution in [2.45, 2.75) is 19.4 Å². The van der Waals surface area contributed by atoms with Crippen LogP contribution < -0.4 is 20.9 Å². The lowest BCUT2D eigenvalue weighted by Crippen LogP contribution is -2.27. The first kappa shape index (κ1) is 19.0. The number of hydrogen-bond acceptors (Lipinski definition) is 8. The van der Waals surface area contributed by atoms with Gasteiger partial charge in [0.15, 0.2) is 17.3 Å². The van der Waals surface area contributed by atoms with Gasteiger partial charge in [-0.3, -0.25) is 9.59 Å². The van der Waals surface area contributed by atoms with Crippen LogP contribution in [-0.4, -0.2) is 50.9 Å². The Morgan fingerprint density at radius 3 is 2.77 bits per heavy atom. The molecule has 31 heavy (non-hydrogen) atoms. The fourth-order valence-corrected chi connectivity index (χ4v) is 3.62. The van der Waals surface area contributed by atoms with E-state index in [4.69, 9.17) is 0 Å². The molecule has 3 N–H and O–H groups in total. The van der Waals surface area contributed by atoms with Crippen LogP contribution in [-0.2, 0) is 11.3 Å². The summed E-state index contributed by atoms with van der Waals surface area (Å²) in [4.78, 5) is 30.9. The van der Waals surface area contributed by atoms with Gasteiger partial charge in [-0.05, 0) is 25.0 Å². The van der Waals surface area contributed by atoms with E-state index < -0.39 is 0 Å². The maximum absolute atomic E-state index is 12.4. The zero-order chi connectivity index (χ0) is 21.5. The Balaban J connectivity index is 1.54. The lowest BCUT2D eigenvalue weighted by atomic mass is 10.1. The predicted octanol–water partition coefficient (Wildman–Crippen LogP) is 1.46. The molecule has 1 fully saturated rings. The highest BCUT2D eigenvalue weighted by molar-refractivity contribution is 6.00. The maximum Gasteiger partial charge on any atom is 0.273 e. The predicted molar refractivity (Wildman–Crippen MR) is 114 cm³/mol. The molecule has 0 unspecified atom stereocenters. The van der Waals surface area contributed by atoms with Crippen LogP contribution in [0, 0.1) is 5.92 Å². The molecule has 5 rings (SSSR count). The number of anilines is 4. The van der Waals surface area contributed by atoms with Crippen molar-refractivity contribution in [3.05, 3.63) is 42.1 Å². The molecular weight excluding hydrogens is 398 g/mol. The number of aromatic nitrogens is 5. The number of fused-ring (bicyclic) bond motifs is 3. The van der Waals surface area contributed by atoms with E-state index >= 15 is 0 Å². The first-order valence-corrected chi connectivity index (χ1v) is 9.96. The van der Waals surface area contributed by atoms with Crippen molar-refractivity contribution < 1.29 is 9.59 Å². The molecule has 1 saturated carbocycles. The molecular formula is C20H21N9O2. The minimum absolute atomic E-state index is 0.0310. The average Bonchev–Trinajstić information content (AvgIpc) is 3.52. The third-order valence-corrected chi connectivity index (χ3v) is 5.33. The van der Waals surface area contributed by atoms with Crippen molar-refractivity contribution >= 4 is 34.7 Å². The summed E-state index contributed by atoms with van der Waals surface area (Å²) in [6, 6.07) is 7.39. The van der Waals surface area contributed by atoms with Crippen molar-refractivity contribution in [3.63, 3.8) is 0 Å². The Kier molecular flexibility index (Phi) is 4.50. The summed E-state index contributed by atoms with van der Waals surface area (Å²) in [5.41, 5.74) is 3.11. The number of para-hydroxylation sites is 1. The van der Waals surface area contributed by atoms with Gasteiger partial charge in [0.1, 0.15) is 6.33 Å². The average molecular weight is 419 g/mol. The van der Waals surface area contributed by atoms with Crippen molar-refractivity contribution in [2.75, 3.05) is 29.6 Å². The highest BCUT2D eigenvalue weighted by Gasteiger charge is 2.30. The van der Waals surface area contributed by atoms with Crippen LogP contribution in [0.25, 0.3) is 5.69 Å². The van der Waals surface area contributed by atoms with E-state index in [1.807, 2.05) is 25.2 Å². The SMILES string of the molecule is CNC(=O)c1nnc(NC(=O)C2CC2)cc1Nc1cccc2c1N(C)Cc1ncnn1-2. The summed E-state index contributed by atoms with van der Waals surface area (Å²) in [5.74, 6) is 0.705. The van der Waals surface area contributed by atoms with Crippen molar-refractivity contribution in [2.24, 2.45) is 5.92 Å². The number of rotatable bonds is 5. The number of nitrogens with zero attached hydrogens (tertiary/aromatic N) is 6. The normalized spacial score (nSPS) is 14.5. The number of hydrogen-bond donors (Lipinski definition) is 3. The van der Waals surface area contributed by atoms with Crippen LogP contribution in [0.2, 0.25) is 0 Å². The van der Waals surface area contributed by atoms with Crippen molar-refractivity contribution in [1.82, 2.24) is 30.3 Å². The van der Waals surface area contributed by atoms with Gasteiger partial charge in [0.25, 0.3) is 5.91 Å². The minimum Gasteiger partial charge on any atom is -0.364 e. The topological polar surface area (TPSA) is 130 Å². The van der Waals surface area contributed by atoms with E-state index in [-0.39, 0.29) is 23.4 Å².